The Morgan fingerprint density at radius 2 is 1.87 bits per heavy atom. The van der Waals surface area contributed by atoms with Gasteiger partial charge in [0.15, 0.2) is 18.1 Å². The van der Waals surface area contributed by atoms with Gasteiger partial charge in [-0.1, -0.05) is 30.9 Å². The number of halogens is 1. The summed E-state index contributed by atoms with van der Waals surface area (Å²) in [5, 5.41) is 3.45. The Morgan fingerprint density at radius 3 is 2.50 bits per heavy atom. The molecule has 0 atom stereocenters. The molecule has 0 aromatic heterocycles. The Bertz CT molecular complexity index is 883. The number of nitrogens with one attached hydrogen (secondary N) is 2. The molecule has 30 heavy (non-hydrogen) atoms. The number of benzene rings is 1. The van der Waals surface area contributed by atoms with E-state index < -0.39 is 36.0 Å². The highest BCUT2D eigenvalue weighted by molar-refractivity contribution is 6.32. The summed E-state index contributed by atoms with van der Waals surface area (Å²) in [5.74, 6) is -1.69. The van der Waals surface area contributed by atoms with E-state index in [9.17, 15) is 19.2 Å². The van der Waals surface area contributed by atoms with Crippen molar-refractivity contribution in [3.63, 3.8) is 0 Å². The number of nitrogens with zero attached hydrogens (tertiary/aromatic N) is 1. The molecule has 1 heterocycles. The predicted molar refractivity (Wildman–Crippen MR) is 104 cm³/mol. The first-order valence-corrected chi connectivity index (χ1v) is 9.74. The molecule has 0 radical (unpaired) electrons. The van der Waals surface area contributed by atoms with E-state index in [0.29, 0.717) is 17.9 Å². The molecule has 0 unspecified atom stereocenters. The monoisotopic (exact) mass is 439 g/mol. The van der Waals surface area contributed by atoms with E-state index in [2.05, 4.69) is 10.7 Å². The third kappa shape index (κ3) is 4.13. The zero-order chi connectivity index (χ0) is 21.9. The van der Waals surface area contributed by atoms with Crippen LogP contribution in [0.15, 0.2) is 12.1 Å². The van der Waals surface area contributed by atoms with Crippen molar-refractivity contribution >= 4 is 35.4 Å². The molecule has 0 bridgehead atoms. The lowest BCUT2D eigenvalue weighted by Crippen LogP contribution is -2.51. The fourth-order valence-electron chi connectivity index (χ4n) is 3.62. The van der Waals surface area contributed by atoms with Gasteiger partial charge in [0, 0.05) is 0 Å². The van der Waals surface area contributed by atoms with Crippen LogP contribution in [0, 0.1) is 0 Å². The molecule has 1 saturated heterocycles. The number of imide groups is 1. The minimum Gasteiger partial charge on any atom is -0.493 e. The predicted octanol–water partition coefficient (Wildman–Crippen LogP) is 1.80. The number of carbonyl (C=O) groups excluding carboxylic acids is 4. The molecule has 3 rings (SSSR count). The number of amides is 4. The summed E-state index contributed by atoms with van der Waals surface area (Å²) in [6.07, 6.45) is 3.68. The van der Waals surface area contributed by atoms with Gasteiger partial charge in [0.2, 0.25) is 0 Å². The number of hydrazine groups is 1. The molecule has 11 heteroatoms. The lowest BCUT2D eigenvalue weighted by molar-refractivity contribution is -0.140. The van der Waals surface area contributed by atoms with Gasteiger partial charge in [-0.15, -0.1) is 0 Å². The van der Waals surface area contributed by atoms with Gasteiger partial charge in [-0.05, 0) is 25.0 Å². The zero-order valence-corrected chi connectivity index (χ0v) is 17.3. The molecule has 162 valence electrons. The number of rotatable bonds is 6. The number of methoxy groups -OCH3 is 2. The third-order valence-corrected chi connectivity index (χ3v) is 5.39. The average molecular weight is 440 g/mol. The zero-order valence-electron chi connectivity index (χ0n) is 16.6. The summed E-state index contributed by atoms with van der Waals surface area (Å²) in [7, 11) is 2.78. The van der Waals surface area contributed by atoms with Crippen molar-refractivity contribution in [2.75, 3.05) is 20.8 Å². The second-order valence-electron chi connectivity index (χ2n) is 7.02. The van der Waals surface area contributed by atoms with Crippen LogP contribution in [0.1, 0.15) is 42.5 Å². The van der Waals surface area contributed by atoms with Crippen molar-refractivity contribution in [3.8, 4) is 11.5 Å². The molecular weight excluding hydrogens is 418 g/mol. The smallest absolute Gasteiger partial charge is 0.344 e. The number of ether oxygens (including phenoxy) is 3. The Balaban J connectivity index is 1.59. The topological polar surface area (TPSA) is 123 Å². The van der Waals surface area contributed by atoms with Crippen molar-refractivity contribution in [1.29, 1.82) is 0 Å². The fourth-order valence-corrected chi connectivity index (χ4v) is 3.91. The molecule has 1 aromatic rings. The summed E-state index contributed by atoms with van der Waals surface area (Å²) in [5.41, 5.74) is 1.27. The highest BCUT2D eigenvalue weighted by Gasteiger charge is 2.52. The molecule has 1 aliphatic carbocycles. The molecule has 1 aromatic carbocycles. The van der Waals surface area contributed by atoms with Crippen LogP contribution >= 0.6 is 11.6 Å². The second kappa shape index (κ2) is 8.78. The number of hydrogen-bond donors (Lipinski definition) is 2. The summed E-state index contributed by atoms with van der Waals surface area (Å²) < 4.78 is 15.2. The highest BCUT2D eigenvalue weighted by Crippen LogP contribution is 2.36. The fraction of sp³-hybridized carbons (Fsp3) is 0.474. The van der Waals surface area contributed by atoms with E-state index in [1.54, 1.807) is 0 Å². The van der Waals surface area contributed by atoms with E-state index >= 15 is 0 Å². The van der Waals surface area contributed by atoms with E-state index in [1.807, 2.05) is 0 Å². The van der Waals surface area contributed by atoms with Crippen molar-refractivity contribution < 1.29 is 33.4 Å². The summed E-state index contributed by atoms with van der Waals surface area (Å²) in [4.78, 5) is 49.2. The quantitative estimate of drug-likeness (QED) is 0.511. The van der Waals surface area contributed by atoms with Crippen LogP contribution in [0.2, 0.25) is 5.02 Å². The number of carbonyl (C=O) groups is 4. The summed E-state index contributed by atoms with van der Waals surface area (Å²) in [6, 6.07) is 1.97. The first kappa shape index (κ1) is 21.7. The van der Waals surface area contributed by atoms with E-state index in [4.69, 9.17) is 25.8 Å². The highest BCUT2D eigenvalue weighted by atomic mass is 35.5. The number of hydrogen-bond acceptors (Lipinski definition) is 7. The van der Waals surface area contributed by atoms with Crippen molar-refractivity contribution in [1.82, 2.24) is 15.8 Å². The van der Waals surface area contributed by atoms with Crippen LogP contribution in [0.4, 0.5) is 4.79 Å². The van der Waals surface area contributed by atoms with Gasteiger partial charge in [-0.3, -0.25) is 15.0 Å². The molecule has 10 nitrogen and oxygen atoms in total. The van der Waals surface area contributed by atoms with Gasteiger partial charge in [-0.2, -0.15) is 5.01 Å². The lowest BCUT2D eigenvalue weighted by Gasteiger charge is -2.30. The van der Waals surface area contributed by atoms with Crippen molar-refractivity contribution in [2.45, 2.75) is 37.6 Å². The van der Waals surface area contributed by atoms with E-state index in [0.717, 1.165) is 19.3 Å². The molecule has 2 fully saturated rings. The minimum atomic E-state index is -0.963. The maximum absolute atomic E-state index is 12.6. The molecule has 2 aliphatic rings. The largest absolute Gasteiger partial charge is 0.493 e. The van der Waals surface area contributed by atoms with Gasteiger partial charge in [0.25, 0.3) is 11.8 Å². The summed E-state index contributed by atoms with van der Waals surface area (Å²) in [6.45, 7) is -0.700. The standard InChI is InChI=1S/C19H22ClN3O7/c1-28-13-9-11(8-12(20)15(13)29-2)16(25)30-10-14(24)22-23-17(26)19(21-18(23)27)6-4-3-5-7-19/h8-9H,3-7,10H2,1-2H3,(H,21,27)(H,22,24). The van der Waals surface area contributed by atoms with Crippen LogP contribution in [-0.4, -0.2) is 55.2 Å². The lowest BCUT2D eigenvalue weighted by atomic mass is 9.82. The first-order valence-electron chi connectivity index (χ1n) is 9.36. The maximum atomic E-state index is 12.6. The van der Waals surface area contributed by atoms with Gasteiger partial charge in [0.05, 0.1) is 24.8 Å². The molecule has 4 amide bonds. The van der Waals surface area contributed by atoms with Crippen LogP contribution < -0.4 is 20.2 Å². The third-order valence-electron chi connectivity index (χ3n) is 5.11. The normalized spacial score (nSPS) is 17.5. The number of esters is 1. The Morgan fingerprint density at radius 1 is 1.17 bits per heavy atom. The number of urea groups is 1. The van der Waals surface area contributed by atoms with Crippen LogP contribution in [0.3, 0.4) is 0 Å². The van der Waals surface area contributed by atoms with Gasteiger partial charge in [-0.25, -0.2) is 9.59 Å². The van der Waals surface area contributed by atoms with Crippen molar-refractivity contribution in [2.24, 2.45) is 0 Å². The molecule has 2 N–H and O–H groups in total. The molecule has 1 spiro atoms. The maximum Gasteiger partial charge on any atom is 0.344 e. The van der Waals surface area contributed by atoms with Gasteiger partial charge >= 0.3 is 12.0 Å². The van der Waals surface area contributed by atoms with Crippen LogP contribution in [0.25, 0.3) is 0 Å². The second-order valence-corrected chi connectivity index (χ2v) is 7.43. The first-order chi connectivity index (χ1) is 14.3. The Labute approximate surface area is 177 Å². The molecular formula is C19H22ClN3O7. The van der Waals surface area contributed by atoms with Crippen LogP contribution in [0.5, 0.6) is 11.5 Å². The Kier molecular flexibility index (Phi) is 6.35. The van der Waals surface area contributed by atoms with Crippen LogP contribution in [-0.2, 0) is 14.3 Å². The Hall–Kier alpha value is -3.01. The SMILES string of the molecule is COc1cc(C(=O)OCC(=O)NN2C(=O)NC3(CCCCC3)C2=O)cc(Cl)c1OC. The van der Waals surface area contributed by atoms with E-state index in [-0.39, 0.29) is 22.1 Å². The van der Waals surface area contributed by atoms with Gasteiger partial charge < -0.3 is 19.5 Å². The molecule has 1 aliphatic heterocycles. The average Bonchev–Trinajstić information content (AvgIpc) is 2.95. The summed E-state index contributed by atoms with van der Waals surface area (Å²) >= 11 is 6.06. The molecule has 1 saturated carbocycles. The van der Waals surface area contributed by atoms with Gasteiger partial charge in [0.1, 0.15) is 5.54 Å². The minimum absolute atomic E-state index is 0.0431. The van der Waals surface area contributed by atoms with Crippen molar-refractivity contribution in [3.05, 3.63) is 22.7 Å². The van der Waals surface area contributed by atoms with E-state index in [1.165, 1.54) is 26.4 Å².